The molecule has 2 aromatic heterocycles. The summed E-state index contributed by atoms with van der Waals surface area (Å²) in [5.74, 6) is 0.254. The molecule has 1 N–H and O–H groups in total. The van der Waals surface area contributed by atoms with E-state index in [0.717, 1.165) is 25.7 Å². The van der Waals surface area contributed by atoms with Crippen LogP contribution in [0.1, 0.15) is 60.5 Å². The third kappa shape index (κ3) is 3.51. The molecule has 5 rings (SSSR count). The first-order valence-electron chi connectivity index (χ1n) is 10.5. The van der Waals surface area contributed by atoms with Gasteiger partial charge in [-0.15, -0.1) is 0 Å². The Morgan fingerprint density at radius 2 is 1.86 bits per heavy atom. The number of imidazole rings is 1. The lowest BCUT2D eigenvalue weighted by Gasteiger charge is -2.41. The van der Waals surface area contributed by atoms with Crippen LogP contribution in [0.15, 0.2) is 18.3 Å². The van der Waals surface area contributed by atoms with Crippen LogP contribution in [0.25, 0.3) is 5.65 Å². The maximum Gasteiger partial charge on any atom is 0.276 e. The number of nitrogens with zero attached hydrogens (tertiary/aromatic N) is 4. The van der Waals surface area contributed by atoms with E-state index in [1.54, 1.807) is 9.30 Å². The number of fused-ring (bicyclic) bond motifs is 1. The van der Waals surface area contributed by atoms with Crippen LogP contribution in [0.5, 0.6) is 0 Å². The van der Waals surface area contributed by atoms with E-state index in [9.17, 15) is 14.7 Å². The van der Waals surface area contributed by atoms with Crippen molar-refractivity contribution in [2.75, 3.05) is 19.6 Å². The monoisotopic (exact) mass is 416 g/mol. The van der Waals surface area contributed by atoms with Crippen LogP contribution < -0.4 is 0 Å². The summed E-state index contributed by atoms with van der Waals surface area (Å²) >= 11 is 6.50. The molecule has 29 heavy (non-hydrogen) atoms. The fourth-order valence-electron chi connectivity index (χ4n) is 4.59. The highest BCUT2D eigenvalue weighted by Crippen LogP contribution is 2.40. The van der Waals surface area contributed by atoms with Crippen LogP contribution >= 0.6 is 11.6 Å². The fourth-order valence-corrected chi connectivity index (χ4v) is 4.85. The summed E-state index contributed by atoms with van der Waals surface area (Å²) in [7, 11) is 0. The minimum Gasteiger partial charge on any atom is -0.393 e. The molecule has 154 valence electrons. The fraction of sp³-hybridized carbons (Fsp3) is 0.571. The van der Waals surface area contributed by atoms with Crippen molar-refractivity contribution in [2.24, 2.45) is 0 Å². The molecule has 3 heterocycles. The lowest BCUT2D eigenvalue weighted by molar-refractivity contribution is -0.138. The smallest absolute Gasteiger partial charge is 0.276 e. The molecule has 7 nitrogen and oxygen atoms in total. The van der Waals surface area contributed by atoms with Gasteiger partial charge < -0.3 is 14.9 Å². The maximum atomic E-state index is 13.1. The van der Waals surface area contributed by atoms with Crippen molar-refractivity contribution in [3.63, 3.8) is 0 Å². The summed E-state index contributed by atoms with van der Waals surface area (Å²) in [5, 5.41) is 10.0. The summed E-state index contributed by atoms with van der Waals surface area (Å²) in [5.41, 5.74) is 2.08. The number of carbonyl (C=O) groups excluding carboxylic acids is 2. The van der Waals surface area contributed by atoms with Crippen LogP contribution in [0.2, 0.25) is 5.15 Å². The van der Waals surface area contributed by atoms with E-state index in [-0.39, 0.29) is 36.2 Å². The van der Waals surface area contributed by atoms with E-state index in [4.69, 9.17) is 11.6 Å². The van der Waals surface area contributed by atoms with Crippen molar-refractivity contribution in [1.29, 1.82) is 0 Å². The molecule has 2 aliphatic carbocycles. The van der Waals surface area contributed by atoms with Crippen LogP contribution in [-0.4, -0.2) is 67.9 Å². The van der Waals surface area contributed by atoms with Crippen LogP contribution in [-0.2, 0) is 4.79 Å². The van der Waals surface area contributed by atoms with Gasteiger partial charge >= 0.3 is 0 Å². The van der Waals surface area contributed by atoms with E-state index in [1.165, 1.54) is 18.4 Å². The van der Waals surface area contributed by atoms with Crippen LogP contribution in [0, 0.1) is 0 Å². The number of aliphatic hydroxyl groups excluding tert-OH is 1. The summed E-state index contributed by atoms with van der Waals surface area (Å²) in [6.07, 6.45) is 7.21. The Hall–Kier alpha value is -2.12. The zero-order chi connectivity index (χ0) is 20.1. The lowest BCUT2D eigenvalue weighted by atomic mass is 9.91. The maximum absolute atomic E-state index is 13.1. The van der Waals surface area contributed by atoms with Gasteiger partial charge in [0, 0.05) is 25.3 Å². The van der Waals surface area contributed by atoms with E-state index in [2.05, 4.69) is 4.98 Å². The third-order valence-corrected chi connectivity index (χ3v) is 6.85. The number of aliphatic hydroxyl groups is 1. The van der Waals surface area contributed by atoms with Crippen LogP contribution in [0.4, 0.5) is 0 Å². The van der Waals surface area contributed by atoms with Gasteiger partial charge in [0.25, 0.3) is 5.91 Å². The number of rotatable bonds is 3. The molecule has 0 unspecified atom stereocenters. The molecular weight excluding hydrogens is 392 g/mol. The zero-order valence-electron chi connectivity index (χ0n) is 16.3. The largest absolute Gasteiger partial charge is 0.393 e. The Labute approximate surface area is 174 Å². The highest BCUT2D eigenvalue weighted by Gasteiger charge is 2.35. The molecule has 8 heteroatoms. The normalized spacial score (nSPS) is 25.7. The number of hydrogen-bond acceptors (Lipinski definition) is 4. The van der Waals surface area contributed by atoms with Crippen LogP contribution in [0.3, 0.4) is 0 Å². The molecule has 0 atom stereocenters. The second-order valence-corrected chi connectivity index (χ2v) is 8.85. The van der Waals surface area contributed by atoms with Gasteiger partial charge in [-0.05, 0) is 56.1 Å². The molecule has 0 radical (unpaired) electrons. The Morgan fingerprint density at radius 1 is 1.10 bits per heavy atom. The van der Waals surface area contributed by atoms with Crippen molar-refractivity contribution in [1.82, 2.24) is 19.2 Å². The number of carbonyl (C=O) groups is 2. The minimum absolute atomic E-state index is 0.0399. The van der Waals surface area contributed by atoms with Gasteiger partial charge in [0.05, 0.1) is 6.10 Å². The zero-order valence-corrected chi connectivity index (χ0v) is 17.0. The molecule has 0 bridgehead atoms. The number of hydrogen-bond donors (Lipinski definition) is 1. The number of aromatic nitrogens is 2. The molecular formula is C21H25ClN4O3. The summed E-state index contributed by atoms with van der Waals surface area (Å²) in [6.45, 7) is 1.04. The Kier molecular flexibility index (Phi) is 4.75. The lowest BCUT2D eigenvalue weighted by Crippen LogP contribution is -2.56. The van der Waals surface area contributed by atoms with Crippen molar-refractivity contribution < 1.29 is 14.7 Å². The van der Waals surface area contributed by atoms with E-state index >= 15 is 0 Å². The SMILES string of the molecule is O=C(c1nc2ccc(C3CC3)cn2c1Cl)N1CCN(C2CCC(O)CC2)C(=O)C1. The molecule has 2 saturated carbocycles. The van der Waals surface area contributed by atoms with E-state index in [0.29, 0.717) is 29.8 Å². The number of halogens is 1. The third-order valence-electron chi connectivity index (χ3n) is 6.49. The first-order valence-corrected chi connectivity index (χ1v) is 10.8. The highest BCUT2D eigenvalue weighted by molar-refractivity contribution is 6.33. The first kappa shape index (κ1) is 18.9. The summed E-state index contributed by atoms with van der Waals surface area (Å²) in [6, 6.07) is 4.12. The molecule has 3 fully saturated rings. The number of pyridine rings is 1. The van der Waals surface area contributed by atoms with Gasteiger partial charge in [-0.3, -0.25) is 14.0 Å². The molecule has 0 spiro atoms. The Bertz CT molecular complexity index is 962. The minimum atomic E-state index is -0.293. The molecule has 0 aromatic carbocycles. The van der Waals surface area contributed by atoms with Gasteiger partial charge in [-0.1, -0.05) is 17.7 Å². The topological polar surface area (TPSA) is 78.2 Å². The molecule has 3 aliphatic rings. The van der Waals surface area contributed by atoms with E-state index < -0.39 is 0 Å². The second kappa shape index (κ2) is 7.29. The first-order chi connectivity index (χ1) is 14.0. The van der Waals surface area contributed by atoms with Crippen molar-refractivity contribution in [2.45, 2.75) is 56.6 Å². The predicted octanol–water partition coefficient (Wildman–Crippen LogP) is 2.45. The average molecular weight is 417 g/mol. The Morgan fingerprint density at radius 3 is 2.55 bits per heavy atom. The van der Waals surface area contributed by atoms with Gasteiger partial charge in [-0.25, -0.2) is 4.98 Å². The molecule has 1 saturated heterocycles. The Balaban J connectivity index is 1.31. The average Bonchev–Trinajstić information content (AvgIpc) is 3.52. The molecule has 2 amide bonds. The number of amides is 2. The van der Waals surface area contributed by atoms with Crippen molar-refractivity contribution in [3.8, 4) is 0 Å². The summed E-state index contributed by atoms with van der Waals surface area (Å²) < 4.78 is 1.77. The van der Waals surface area contributed by atoms with Crippen molar-refractivity contribution >= 4 is 29.1 Å². The molecule has 2 aromatic rings. The van der Waals surface area contributed by atoms with Gasteiger partial charge in [-0.2, -0.15) is 0 Å². The second-order valence-electron chi connectivity index (χ2n) is 8.49. The summed E-state index contributed by atoms with van der Waals surface area (Å²) in [4.78, 5) is 33.6. The van der Waals surface area contributed by atoms with Gasteiger partial charge in [0.2, 0.25) is 5.91 Å². The standard InChI is InChI=1S/C21H25ClN4O3/c22-20-19(23-17-8-3-14(11-26(17)20)13-1-2-13)21(29)24-9-10-25(18(28)12-24)15-4-6-16(27)7-5-15/h3,8,11,13,15-16,27H,1-2,4-7,9-10,12H2. The number of piperazine rings is 1. The molecule has 1 aliphatic heterocycles. The highest BCUT2D eigenvalue weighted by atomic mass is 35.5. The van der Waals surface area contributed by atoms with Gasteiger partial charge in [0.15, 0.2) is 5.69 Å². The quantitative estimate of drug-likeness (QED) is 0.833. The van der Waals surface area contributed by atoms with Crippen molar-refractivity contribution in [3.05, 3.63) is 34.7 Å². The predicted molar refractivity (Wildman–Crippen MR) is 108 cm³/mol. The van der Waals surface area contributed by atoms with E-state index in [1.807, 2.05) is 23.2 Å². The van der Waals surface area contributed by atoms with Gasteiger partial charge in [0.1, 0.15) is 17.3 Å².